The molecule has 1 amide bonds. The third-order valence-corrected chi connectivity index (χ3v) is 6.91. The molecule has 2 saturated heterocycles. The monoisotopic (exact) mass is 385 g/mol. The van der Waals surface area contributed by atoms with Gasteiger partial charge in [0.25, 0.3) is 0 Å². The van der Waals surface area contributed by atoms with E-state index in [4.69, 9.17) is 4.74 Å². The van der Waals surface area contributed by atoms with E-state index in [0.717, 1.165) is 18.6 Å². The van der Waals surface area contributed by atoms with Crippen LogP contribution in [-0.2, 0) is 19.6 Å². The molecule has 0 radical (unpaired) electrons. The maximum Gasteiger partial charge on any atom is 0.243 e. The fourth-order valence-electron chi connectivity index (χ4n) is 3.50. The lowest BCUT2D eigenvalue weighted by Crippen LogP contribution is -2.53. The van der Waals surface area contributed by atoms with Crippen molar-refractivity contribution in [2.45, 2.75) is 17.4 Å². The van der Waals surface area contributed by atoms with Gasteiger partial charge in [0.1, 0.15) is 5.82 Å². The Morgan fingerprint density at radius 3 is 2.38 bits per heavy atom. The lowest BCUT2D eigenvalue weighted by Gasteiger charge is -2.36. The van der Waals surface area contributed by atoms with E-state index in [2.05, 4.69) is 4.90 Å². The highest BCUT2D eigenvalue weighted by atomic mass is 32.2. The Morgan fingerprint density at radius 2 is 1.77 bits per heavy atom. The Bertz CT molecular complexity index is 733. The number of carbonyl (C=O) groups is 1. The zero-order valence-corrected chi connectivity index (χ0v) is 15.6. The van der Waals surface area contributed by atoms with Crippen molar-refractivity contribution in [2.75, 3.05) is 53.0 Å². The molecule has 0 saturated carbocycles. The maximum absolute atomic E-state index is 13.0. The Morgan fingerprint density at radius 1 is 1.12 bits per heavy atom. The van der Waals surface area contributed by atoms with Crippen LogP contribution in [0.3, 0.4) is 0 Å². The van der Waals surface area contributed by atoms with E-state index in [0.29, 0.717) is 45.9 Å². The van der Waals surface area contributed by atoms with Gasteiger partial charge in [0.2, 0.25) is 15.9 Å². The van der Waals surface area contributed by atoms with Gasteiger partial charge in [-0.3, -0.25) is 9.69 Å². The van der Waals surface area contributed by atoms with Gasteiger partial charge in [-0.1, -0.05) is 0 Å². The number of rotatable bonds is 6. The van der Waals surface area contributed by atoms with Crippen LogP contribution in [0.1, 0.15) is 6.42 Å². The summed E-state index contributed by atoms with van der Waals surface area (Å²) in [6, 6.07) is 4.68. The van der Waals surface area contributed by atoms with Crippen molar-refractivity contribution in [1.29, 1.82) is 0 Å². The second kappa shape index (κ2) is 7.99. The van der Waals surface area contributed by atoms with Crippen LogP contribution in [0, 0.1) is 5.82 Å². The lowest BCUT2D eigenvalue weighted by molar-refractivity contribution is -0.133. The van der Waals surface area contributed by atoms with E-state index in [9.17, 15) is 17.6 Å². The van der Waals surface area contributed by atoms with Crippen LogP contribution in [0.4, 0.5) is 4.39 Å². The van der Waals surface area contributed by atoms with Crippen molar-refractivity contribution in [2.24, 2.45) is 0 Å². The first kappa shape index (κ1) is 19.2. The summed E-state index contributed by atoms with van der Waals surface area (Å²) in [5.41, 5.74) is 0. The quantitative estimate of drug-likeness (QED) is 0.708. The van der Waals surface area contributed by atoms with Crippen LogP contribution in [0.2, 0.25) is 0 Å². The number of ether oxygens (including phenoxy) is 1. The molecule has 0 spiro atoms. The third kappa shape index (κ3) is 3.90. The van der Waals surface area contributed by atoms with Crippen LogP contribution in [0.5, 0.6) is 0 Å². The average molecular weight is 385 g/mol. The van der Waals surface area contributed by atoms with Crippen LogP contribution in [0.25, 0.3) is 0 Å². The minimum absolute atomic E-state index is 0.0926. The number of nitrogens with zero attached hydrogens (tertiary/aromatic N) is 3. The lowest BCUT2D eigenvalue weighted by atomic mass is 10.2. The zero-order valence-electron chi connectivity index (χ0n) is 14.8. The molecule has 1 atom stereocenters. The molecule has 0 bridgehead atoms. The van der Waals surface area contributed by atoms with Gasteiger partial charge in [-0.05, 0) is 30.7 Å². The largest absolute Gasteiger partial charge is 0.383 e. The predicted octanol–water partition coefficient (Wildman–Crippen LogP) is 0.379. The minimum atomic E-state index is -3.63. The molecule has 3 rings (SSSR count). The van der Waals surface area contributed by atoms with Gasteiger partial charge in [-0.15, -0.1) is 0 Å². The molecule has 144 valence electrons. The van der Waals surface area contributed by atoms with Crippen molar-refractivity contribution in [3.05, 3.63) is 30.1 Å². The minimum Gasteiger partial charge on any atom is -0.383 e. The van der Waals surface area contributed by atoms with E-state index >= 15 is 0 Å². The number of hydrogen-bond acceptors (Lipinski definition) is 5. The number of sulfonamides is 1. The summed E-state index contributed by atoms with van der Waals surface area (Å²) in [5, 5.41) is 0. The van der Waals surface area contributed by atoms with Crippen LogP contribution < -0.4 is 0 Å². The summed E-state index contributed by atoms with van der Waals surface area (Å²) < 4.78 is 44.8. The van der Waals surface area contributed by atoms with Gasteiger partial charge in [0.15, 0.2) is 0 Å². The van der Waals surface area contributed by atoms with Gasteiger partial charge in [-0.25, -0.2) is 12.8 Å². The SMILES string of the molecule is COCCN1CCC(N2CCN(S(=O)(=O)c3ccc(F)cc3)CC2)C1=O. The fraction of sp³-hybridized carbons (Fsp3) is 0.588. The average Bonchev–Trinajstić information content (AvgIpc) is 3.01. The number of halogens is 1. The first-order chi connectivity index (χ1) is 12.4. The molecule has 0 N–H and O–H groups in total. The van der Waals surface area contributed by atoms with Gasteiger partial charge in [-0.2, -0.15) is 4.31 Å². The first-order valence-corrected chi connectivity index (χ1v) is 10.1. The zero-order chi connectivity index (χ0) is 18.7. The molecule has 2 fully saturated rings. The van der Waals surface area contributed by atoms with Gasteiger partial charge < -0.3 is 9.64 Å². The molecule has 7 nitrogen and oxygen atoms in total. The molecule has 1 unspecified atom stereocenters. The highest BCUT2D eigenvalue weighted by Crippen LogP contribution is 2.22. The molecular formula is C17H24FN3O4S. The second-order valence-corrected chi connectivity index (χ2v) is 8.45. The maximum atomic E-state index is 13.0. The van der Waals surface area contributed by atoms with Crippen LogP contribution in [0.15, 0.2) is 29.2 Å². The number of likely N-dealkylation sites (tertiary alicyclic amines) is 1. The van der Waals surface area contributed by atoms with Gasteiger partial charge in [0, 0.05) is 46.4 Å². The summed E-state index contributed by atoms with van der Waals surface area (Å²) in [7, 11) is -2.02. The van der Waals surface area contributed by atoms with Crippen molar-refractivity contribution in [1.82, 2.24) is 14.1 Å². The topological polar surface area (TPSA) is 70.2 Å². The van der Waals surface area contributed by atoms with Crippen LogP contribution in [-0.4, -0.2) is 87.5 Å². The molecule has 1 aromatic rings. The first-order valence-electron chi connectivity index (χ1n) is 8.71. The third-order valence-electron chi connectivity index (χ3n) is 5.00. The molecule has 2 aliphatic rings. The summed E-state index contributed by atoms with van der Waals surface area (Å²) in [5.74, 6) is -0.372. The number of hydrogen-bond donors (Lipinski definition) is 0. The number of benzene rings is 1. The Kier molecular flexibility index (Phi) is 5.91. The molecule has 9 heteroatoms. The van der Waals surface area contributed by atoms with Crippen molar-refractivity contribution in [3.63, 3.8) is 0 Å². The highest BCUT2D eigenvalue weighted by molar-refractivity contribution is 7.89. The molecule has 0 aromatic heterocycles. The molecule has 2 heterocycles. The van der Waals surface area contributed by atoms with E-state index in [1.807, 2.05) is 0 Å². The van der Waals surface area contributed by atoms with E-state index in [1.165, 1.54) is 16.4 Å². The summed E-state index contributed by atoms with van der Waals surface area (Å²) >= 11 is 0. The fourth-order valence-corrected chi connectivity index (χ4v) is 4.92. The molecule has 2 aliphatic heterocycles. The number of carbonyl (C=O) groups excluding carboxylic acids is 1. The second-order valence-electron chi connectivity index (χ2n) is 6.52. The normalized spacial score (nSPS) is 22.9. The Hall–Kier alpha value is -1.55. The number of piperazine rings is 1. The van der Waals surface area contributed by atoms with Crippen molar-refractivity contribution in [3.8, 4) is 0 Å². The smallest absolute Gasteiger partial charge is 0.243 e. The summed E-state index contributed by atoms with van der Waals surface area (Å²) in [4.78, 5) is 16.5. The molecule has 1 aromatic carbocycles. The Labute approximate surface area is 153 Å². The van der Waals surface area contributed by atoms with Gasteiger partial charge in [0.05, 0.1) is 17.5 Å². The van der Waals surface area contributed by atoms with E-state index < -0.39 is 15.8 Å². The number of methoxy groups -OCH3 is 1. The van der Waals surface area contributed by atoms with E-state index in [1.54, 1.807) is 12.0 Å². The standard InChI is InChI=1S/C17H24FN3O4S/c1-25-13-12-20-7-6-16(17(20)22)19-8-10-21(11-9-19)26(23,24)15-4-2-14(18)3-5-15/h2-5,16H,6-13H2,1H3. The predicted molar refractivity (Wildman–Crippen MR) is 93.6 cm³/mol. The van der Waals surface area contributed by atoms with E-state index in [-0.39, 0.29) is 16.8 Å². The summed E-state index contributed by atoms with van der Waals surface area (Å²) in [6.45, 7) is 3.47. The van der Waals surface area contributed by atoms with Crippen molar-refractivity contribution < 1.29 is 22.3 Å². The highest BCUT2D eigenvalue weighted by Gasteiger charge is 2.38. The molecular weight excluding hydrogens is 361 g/mol. The molecule has 26 heavy (non-hydrogen) atoms. The number of amides is 1. The molecule has 0 aliphatic carbocycles. The van der Waals surface area contributed by atoms with Crippen molar-refractivity contribution >= 4 is 15.9 Å². The van der Waals surface area contributed by atoms with Gasteiger partial charge >= 0.3 is 0 Å². The Balaban J connectivity index is 1.59. The van der Waals surface area contributed by atoms with Crippen LogP contribution >= 0.6 is 0 Å². The summed E-state index contributed by atoms with van der Waals surface area (Å²) in [6.07, 6.45) is 0.757.